The largest absolute Gasteiger partial charge is 0.319 e. The maximum Gasteiger partial charge on any atom is 0.243 e. The number of nitrogens with zero attached hydrogens (tertiary/aromatic N) is 1. The third kappa shape index (κ3) is 4.65. The topological polar surface area (TPSA) is 95.6 Å². The van der Waals surface area contributed by atoms with E-state index in [-0.39, 0.29) is 16.5 Å². The highest BCUT2D eigenvalue weighted by Crippen LogP contribution is 2.26. The van der Waals surface area contributed by atoms with Gasteiger partial charge < -0.3 is 5.32 Å². The summed E-state index contributed by atoms with van der Waals surface area (Å²) in [6.07, 6.45) is 2.59. The van der Waals surface area contributed by atoms with Crippen LogP contribution in [0.5, 0.6) is 0 Å². The summed E-state index contributed by atoms with van der Waals surface area (Å²) in [6, 6.07) is 3.19. The molecule has 1 aromatic carbocycles. The van der Waals surface area contributed by atoms with Gasteiger partial charge in [0, 0.05) is 13.1 Å². The van der Waals surface area contributed by atoms with Crippen LogP contribution in [0, 0.1) is 11.7 Å². The molecule has 2 rings (SSSR count). The zero-order valence-corrected chi connectivity index (χ0v) is 15.3. The van der Waals surface area contributed by atoms with E-state index in [4.69, 9.17) is 0 Å². The summed E-state index contributed by atoms with van der Waals surface area (Å²) in [5.41, 5.74) is -0.275. The fourth-order valence-electron chi connectivity index (χ4n) is 2.79. The van der Waals surface area contributed by atoms with Crippen molar-refractivity contribution in [1.29, 1.82) is 0 Å². The number of benzene rings is 1. The van der Waals surface area contributed by atoms with E-state index in [2.05, 4.69) is 5.32 Å². The molecular weight excluding hydrogens is 357 g/mol. The van der Waals surface area contributed by atoms with Gasteiger partial charge in [-0.25, -0.2) is 21.2 Å². The smallest absolute Gasteiger partial charge is 0.243 e. The second-order valence-electron chi connectivity index (χ2n) is 5.94. The van der Waals surface area contributed by atoms with Gasteiger partial charge in [-0.1, -0.05) is 0 Å². The SMILES string of the molecule is CNCC1CCCN(S(=O)(=O)c2ccc(NS(C)(=O)=O)c(F)c2)C1. The minimum absolute atomic E-state index is 0.177. The van der Waals surface area contributed by atoms with Gasteiger partial charge in [0.2, 0.25) is 20.0 Å². The van der Waals surface area contributed by atoms with Crippen LogP contribution in [-0.4, -0.2) is 54.1 Å². The Balaban J connectivity index is 2.24. The van der Waals surface area contributed by atoms with E-state index in [9.17, 15) is 21.2 Å². The molecule has 1 aromatic rings. The van der Waals surface area contributed by atoms with Crippen LogP contribution in [0.3, 0.4) is 0 Å². The standard InChI is InChI=1S/C14H22FN3O4S2/c1-16-9-11-4-3-7-18(10-11)24(21,22)12-5-6-14(13(15)8-12)17-23(2,19)20/h5-6,8,11,16-17H,3-4,7,9-10H2,1-2H3. The molecule has 24 heavy (non-hydrogen) atoms. The third-order valence-electron chi connectivity index (χ3n) is 3.85. The molecule has 0 saturated carbocycles. The number of anilines is 1. The van der Waals surface area contributed by atoms with Gasteiger partial charge >= 0.3 is 0 Å². The molecule has 7 nitrogen and oxygen atoms in total. The van der Waals surface area contributed by atoms with E-state index in [1.807, 2.05) is 11.8 Å². The summed E-state index contributed by atoms with van der Waals surface area (Å²) >= 11 is 0. The Kier molecular flexibility index (Phi) is 5.84. The van der Waals surface area contributed by atoms with Crippen molar-refractivity contribution in [2.24, 2.45) is 5.92 Å². The van der Waals surface area contributed by atoms with Gasteiger partial charge in [-0.15, -0.1) is 0 Å². The first-order chi connectivity index (χ1) is 11.1. The molecule has 1 unspecified atom stereocenters. The van der Waals surface area contributed by atoms with Gasteiger partial charge in [0.1, 0.15) is 5.82 Å². The minimum Gasteiger partial charge on any atom is -0.319 e. The first kappa shape index (κ1) is 19.1. The number of nitrogens with one attached hydrogen (secondary N) is 2. The number of piperidine rings is 1. The van der Waals surface area contributed by atoms with Crippen LogP contribution in [0.2, 0.25) is 0 Å². The molecule has 2 N–H and O–H groups in total. The first-order valence-corrected chi connectivity index (χ1v) is 10.9. The Morgan fingerprint density at radius 3 is 2.58 bits per heavy atom. The Hall–Kier alpha value is -1.23. The van der Waals surface area contributed by atoms with Gasteiger partial charge in [-0.3, -0.25) is 4.72 Å². The quantitative estimate of drug-likeness (QED) is 0.763. The van der Waals surface area contributed by atoms with Crippen LogP contribution in [0.1, 0.15) is 12.8 Å². The highest BCUT2D eigenvalue weighted by Gasteiger charge is 2.30. The highest BCUT2D eigenvalue weighted by molar-refractivity contribution is 7.92. The lowest BCUT2D eigenvalue weighted by Crippen LogP contribution is -2.42. The van der Waals surface area contributed by atoms with E-state index in [0.717, 1.165) is 37.8 Å². The summed E-state index contributed by atoms with van der Waals surface area (Å²) in [7, 11) is -5.63. The first-order valence-electron chi connectivity index (χ1n) is 7.55. The van der Waals surface area contributed by atoms with E-state index in [0.29, 0.717) is 13.1 Å². The summed E-state index contributed by atoms with van der Waals surface area (Å²) in [6.45, 7) is 1.50. The van der Waals surface area contributed by atoms with Gasteiger partial charge in [0.15, 0.2) is 0 Å². The molecule has 0 aromatic heterocycles. The molecule has 10 heteroatoms. The number of halogens is 1. The summed E-state index contributed by atoms with van der Waals surface area (Å²) in [4.78, 5) is -0.177. The summed E-state index contributed by atoms with van der Waals surface area (Å²) in [5, 5.41) is 3.04. The molecule has 1 atom stereocenters. The van der Waals surface area contributed by atoms with Crippen LogP contribution in [0.15, 0.2) is 23.1 Å². The van der Waals surface area contributed by atoms with Crippen LogP contribution in [0.4, 0.5) is 10.1 Å². The predicted molar refractivity (Wildman–Crippen MR) is 90.3 cm³/mol. The van der Waals surface area contributed by atoms with Crippen molar-refractivity contribution >= 4 is 25.7 Å². The minimum atomic E-state index is -3.81. The monoisotopic (exact) mass is 379 g/mol. The lowest BCUT2D eigenvalue weighted by atomic mass is 10.00. The number of rotatable bonds is 6. The van der Waals surface area contributed by atoms with Gasteiger partial charge in [-0.2, -0.15) is 4.31 Å². The lowest BCUT2D eigenvalue weighted by molar-refractivity contribution is 0.263. The van der Waals surface area contributed by atoms with E-state index in [1.54, 1.807) is 0 Å². The normalized spacial score (nSPS) is 20.0. The Bertz CT molecular complexity index is 794. The lowest BCUT2D eigenvalue weighted by Gasteiger charge is -2.31. The van der Waals surface area contributed by atoms with Crippen LogP contribution in [-0.2, 0) is 20.0 Å². The van der Waals surface area contributed by atoms with E-state index >= 15 is 0 Å². The van der Waals surface area contributed by atoms with Crippen molar-refractivity contribution in [3.63, 3.8) is 0 Å². The van der Waals surface area contributed by atoms with Crippen molar-refractivity contribution in [2.75, 3.05) is 37.7 Å². The Morgan fingerprint density at radius 2 is 2.00 bits per heavy atom. The molecule has 0 aliphatic carbocycles. The van der Waals surface area contributed by atoms with Crippen molar-refractivity contribution in [2.45, 2.75) is 17.7 Å². The second-order valence-corrected chi connectivity index (χ2v) is 9.63. The number of hydrogen-bond acceptors (Lipinski definition) is 5. The summed E-state index contributed by atoms with van der Waals surface area (Å²) < 4.78 is 65.1. The predicted octanol–water partition coefficient (Wildman–Crippen LogP) is 0.817. The zero-order valence-electron chi connectivity index (χ0n) is 13.6. The molecule has 1 saturated heterocycles. The molecule has 136 valence electrons. The van der Waals surface area contributed by atoms with Crippen molar-refractivity contribution in [3.8, 4) is 0 Å². The molecule has 0 amide bonds. The number of hydrogen-bond donors (Lipinski definition) is 2. The molecule has 1 fully saturated rings. The molecule has 1 aliphatic rings. The molecule has 1 aliphatic heterocycles. The van der Waals surface area contributed by atoms with Crippen LogP contribution < -0.4 is 10.0 Å². The maximum absolute atomic E-state index is 14.1. The molecule has 0 bridgehead atoms. The maximum atomic E-state index is 14.1. The molecule has 1 heterocycles. The molecule has 0 spiro atoms. The molecular formula is C14H22FN3O4S2. The highest BCUT2D eigenvalue weighted by atomic mass is 32.2. The fourth-order valence-corrected chi connectivity index (χ4v) is 4.92. The van der Waals surface area contributed by atoms with Gasteiger partial charge in [0.05, 0.1) is 16.8 Å². The second kappa shape index (κ2) is 7.34. The van der Waals surface area contributed by atoms with Crippen LogP contribution in [0.25, 0.3) is 0 Å². The van der Waals surface area contributed by atoms with Crippen molar-refractivity contribution in [3.05, 3.63) is 24.0 Å². The zero-order chi connectivity index (χ0) is 18.0. The van der Waals surface area contributed by atoms with Gasteiger partial charge in [-0.05, 0) is 50.6 Å². The Labute approximate surface area is 142 Å². The fraction of sp³-hybridized carbons (Fsp3) is 0.571. The van der Waals surface area contributed by atoms with Crippen molar-refractivity contribution < 1.29 is 21.2 Å². The average Bonchev–Trinajstić information content (AvgIpc) is 2.48. The summed E-state index contributed by atoms with van der Waals surface area (Å²) in [5.74, 6) is -0.708. The van der Waals surface area contributed by atoms with E-state index < -0.39 is 25.9 Å². The third-order valence-corrected chi connectivity index (χ3v) is 6.30. The van der Waals surface area contributed by atoms with Crippen LogP contribution >= 0.6 is 0 Å². The number of sulfonamides is 2. The van der Waals surface area contributed by atoms with Crippen molar-refractivity contribution in [1.82, 2.24) is 9.62 Å². The average molecular weight is 379 g/mol. The molecule has 0 radical (unpaired) electrons. The van der Waals surface area contributed by atoms with Gasteiger partial charge in [0.25, 0.3) is 0 Å². The van der Waals surface area contributed by atoms with E-state index in [1.165, 1.54) is 10.4 Å². The Morgan fingerprint density at radius 1 is 1.29 bits per heavy atom.